The van der Waals surface area contributed by atoms with E-state index in [4.69, 9.17) is 9.47 Å². The first-order chi connectivity index (χ1) is 14.7. The van der Waals surface area contributed by atoms with Crippen molar-refractivity contribution >= 4 is 27.3 Å². The third kappa shape index (κ3) is 5.22. The molecule has 0 aromatic heterocycles. The van der Waals surface area contributed by atoms with Crippen LogP contribution in [0, 0.1) is 0 Å². The monoisotopic (exact) mass is 447 g/mol. The van der Waals surface area contributed by atoms with Gasteiger partial charge in [-0.05, 0) is 43.3 Å². The van der Waals surface area contributed by atoms with Crippen molar-refractivity contribution in [3.63, 3.8) is 0 Å². The molecule has 0 N–H and O–H groups in total. The molecule has 31 heavy (non-hydrogen) atoms. The van der Waals surface area contributed by atoms with E-state index in [1.165, 1.54) is 7.11 Å². The number of benzene rings is 2. The third-order valence-corrected chi connectivity index (χ3v) is 6.64. The summed E-state index contributed by atoms with van der Waals surface area (Å²) >= 11 is 0. The number of rotatable bonds is 7. The van der Waals surface area contributed by atoms with E-state index in [-0.39, 0.29) is 5.91 Å². The number of carbonyl (C=O) groups excluding carboxylic acids is 1. The van der Waals surface area contributed by atoms with Crippen LogP contribution in [0.4, 0.5) is 11.4 Å². The van der Waals surface area contributed by atoms with E-state index in [1.54, 1.807) is 43.2 Å². The van der Waals surface area contributed by atoms with E-state index in [0.717, 1.165) is 22.0 Å². The average molecular weight is 448 g/mol. The molecule has 9 heteroatoms. The lowest BCUT2D eigenvalue weighted by Gasteiger charge is -2.39. The number of hydrogen-bond acceptors (Lipinski definition) is 6. The molecule has 1 aliphatic heterocycles. The highest BCUT2D eigenvalue weighted by atomic mass is 32.2. The molecule has 0 radical (unpaired) electrons. The smallest absolute Gasteiger partial charge is 0.246 e. The molecule has 1 saturated heterocycles. The molecule has 168 valence electrons. The van der Waals surface area contributed by atoms with Gasteiger partial charge in [0.25, 0.3) is 0 Å². The number of piperazine rings is 1. The van der Waals surface area contributed by atoms with Crippen molar-refractivity contribution in [1.29, 1.82) is 0 Å². The lowest BCUT2D eigenvalue weighted by molar-refractivity contribution is -0.132. The van der Waals surface area contributed by atoms with Crippen molar-refractivity contribution in [3.8, 4) is 11.5 Å². The molecule has 1 fully saturated rings. The highest BCUT2D eigenvalue weighted by Crippen LogP contribution is 2.26. The topological polar surface area (TPSA) is 79.4 Å². The molecule has 0 spiro atoms. The van der Waals surface area contributed by atoms with Gasteiger partial charge in [-0.3, -0.25) is 9.10 Å². The molecule has 2 aromatic rings. The Morgan fingerprint density at radius 1 is 0.968 bits per heavy atom. The molecule has 2 aromatic carbocycles. The van der Waals surface area contributed by atoms with Crippen molar-refractivity contribution in [2.24, 2.45) is 0 Å². The molecular weight excluding hydrogens is 418 g/mol. The van der Waals surface area contributed by atoms with Gasteiger partial charge in [-0.1, -0.05) is 6.07 Å². The Morgan fingerprint density at radius 2 is 1.58 bits per heavy atom. The largest absolute Gasteiger partial charge is 0.497 e. The van der Waals surface area contributed by atoms with E-state index in [0.29, 0.717) is 37.6 Å². The summed E-state index contributed by atoms with van der Waals surface area (Å²) in [4.78, 5) is 17.1. The maximum absolute atomic E-state index is 13.2. The van der Waals surface area contributed by atoms with Gasteiger partial charge in [0.05, 0.1) is 26.2 Å². The third-order valence-electron chi connectivity index (χ3n) is 5.40. The Hall–Kier alpha value is -2.94. The Labute approximate surface area is 184 Å². The lowest BCUT2D eigenvalue weighted by Crippen LogP contribution is -2.55. The summed E-state index contributed by atoms with van der Waals surface area (Å²) < 4.78 is 36.7. The summed E-state index contributed by atoms with van der Waals surface area (Å²) in [6.07, 6.45) is 1.11. The number of anilines is 2. The number of amides is 1. The van der Waals surface area contributed by atoms with Gasteiger partial charge in [-0.2, -0.15) is 0 Å². The fourth-order valence-electron chi connectivity index (χ4n) is 3.79. The number of hydrogen-bond donors (Lipinski definition) is 0. The molecule has 1 amide bonds. The maximum Gasteiger partial charge on any atom is 0.246 e. The van der Waals surface area contributed by atoms with E-state index in [9.17, 15) is 13.2 Å². The van der Waals surface area contributed by atoms with Gasteiger partial charge in [0.2, 0.25) is 15.9 Å². The van der Waals surface area contributed by atoms with Crippen LogP contribution in [-0.4, -0.2) is 71.9 Å². The summed E-state index contributed by atoms with van der Waals surface area (Å²) in [5.41, 5.74) is 1.47. The quantitative estimate of drug-likeness (QED) is 0.648. The first kappa shape index (κ1) is 22.7. The predicted molar refractivity (Wildman–Crippen MR) is 122 cm³/mol. The van der Waals surface area contributed by atoms with Gasteiger partial charge in [0.15, 0.2) is 0 Å². The zero-order valence-corrected chi connectivity index (χ0v) is 19.1. The molecule has 8 nitrogen and oxygen atoms in total. The number of sulfonamides is 1. The minimum absolute atomic E-state index is 0.220. The Morgan fingerprint density at radius 3 is 2.13 bits per heavy atom. The summed E-state index contributed by atoms with van der Waals surface area (Å²) in [6, 6.07) is 13.7. The minimum atomic E-state index is -3.68. The minimum Gasteiger partial charge on any atom is -0.497 e. The summed E-state index contributed by atoms with van der Waals surface area (Å²) in [7, 11) is -0.533. The van der Waals surface area contributed by atoms with Crippen LogP contribution >= 0.6 is 0 Å². The zero-order valence-electron chi connectivity index (χ0n) is 18.3. The predicted octanol–water partition coefficient (Wildman–Crippen LogP) is 2.21. The van der Waals surface area contributed by atoms with Gasteiger partial charge in [0, 0.05) is 37.9 Å². The Kier molecular flexibility index (Phi) is 6.94. The van der Waals surface area contributed by atoms with Gasteiger partial charge >= 0.3 is 0 Å². The highest BCUT2D eigenvalue weighted by molar-refractivity contribution is 7.92. The molecule has 0 unspecified atom stereocenters. The van der Waals surface area contributed by atoms with Crippen molar-refractivity contribution in [3.05, 3.63) is 48.5 Å². The summed E-state index contributed by atoms with van der Waals surface area (Å²) in [6.45, 7) is 4.00. The molecule has 0 bridgehead atoms. The van der Waals surface area contributed by atoms with Gasteiger partial charge in [0.1, 0.15) is 17.5 Å². The molecule has 1 aliphatic rings. The fraction of sp³-hybridized carbons (Fsp3) is 0.409. The van der Waals surface area contributed by atoms with Crippen molar-refractivity contribution in [2.45, 2.75) is 13.0 Å². The molecule has 1 heterocycles. The highest BCUT2D eigenvalue weighted by Gasteiger charge is 2.33. The number of ether oxygens (including phenoxy) is 2. The van der Waals surface area contributed by atoms with Crippen LogP contribution in [0.15, 0.2) is 48.5 Å². The van der Waals surface area contributed by atoms with Crippen LogP contribution in [0.2, 0.25) is 0 Å². The lowest BCUT2D eigenvalue weighted by atomic mass is 10.2. The van der Waals surface area contributed by atoms with Crippen molar-refractivity contribution in [2.75, 3.05) is 55.9 Å². The van der Waals surface area contributed by atoms with E-state index in [2.05, 4.69) is 4.90 Å². The average Bonchev–Trinajstić information content (AvgIpc) is 2.78. The molecular formula is C22H29N3O5S. The molecule has 1 atom stereocenters. The SMILES string of the molecule is COc1ccc(N2CCN(C(=O)[C@H](C)N(c3cccc(OC)c3)S(C)(=O)=O)CC2)cc1. The normalized spacial score (nSPS) is 15.4. The van der Waals surface area contributed by atoms with Crippen LogP contribution in [0.5, 0.6) is 11.5 Å². The van der Waals surface area contributed by atoms with Gasteiger partial charge in [-0.25, -0.2) is 8.42 Å². The standard InChI is InChI=1S/C22H29N3O5S/c1-17(25(31(4,27)28)19-6-5-7-21(16-19)30-3)22(26)24-14-12-23(13-15-24)18-8-10-20(29-2)11-9-18/h5-11,16-17H,12-15H2,1-4H3/t17-/m0/s1. The summed E-state index contributed by atoms with van der Waals surface area (Å²) in [5, 5.41) is 0. The second kappa shape index (κ2) is 9.47. The second-order valence-corrected chi connectivity index (χ2v) is 9.31. The number of nitrogens with zero attached hydrogens (tertiary/aromatic N) is 3. The van der Waals surface area contributed by atoms with Gasteiger partial charge < -0.3 is 19.3 Å². The number of methoxy groups -OCH3 is 2. The van der Waals surface area contributed by atoms with Crippen molar-refractivity contribution in [1.82, 2.24) is 4.90 Å². The van der Waals surface area contributed by atoms with Gasteiger partial charge in [-0.15, -0.1) is 0 Å². The Balaban J connectivity index is 1.72. The number of carbonyl (C=O) groups is 1. The Bertz CT molecular complexity index is 1000. The fourth-order valence-corrected chi connectivity index (χ4v) is 4.95. The van der Waals surface area contributed by atoms with Crippen LogP contribution in [-0.2, 0) is 14.8 Å². The molecule has 0 aliphatic carbocycles. The van der Waals surface area contributed by atoms with Crippen LogP contribution in [0.1, 0.15) is 6.92 Å². The second-order valence-electron chi connectivity index (χ2n) is 7.45. The van der Waals surface area contributed by atoms with E-state index in [1.807, 2.05) is 24.3 Å². The van der Waals surface area contributed by atoms with E-state index < -0.39 is 16.1 Å². The van der Waals surface area contributed by atoms with E-state index >= 15 is 0 Å². The van der Waals surface area contributed by atoms with Crippen molar-refractivity contribution < 1.29 is 22.7 Å². The van der Waals surface area contributed by atoms with Crippen LogP contribution in [0.25, 0.3) is 0 Å². The molecule has 3 rings (SSSR count). The first-order valence-electron chi connectivity index (χ1n) is 10.1. The summed E-state index contributed by atoms with van der Waals surface area (Å²) in [5.74, 6) is 1.10. The van der Waals surface area contributed by atoms with Crippen LogP contribution in [0.3, 0.4) is 0 Å². The first-order valence-corrected chi connectivity index (χ1v) is 11.9. The molecule has 0 saturated carbocycles. The van der Waals surface area contributed by atoms with Crippen LogP contribution < -0.4 is 18.7 Å². The maximum atomic E-state index is 13.2. The zero-order chi connectivity index (χ0) is 22.6.